The van der Waals surface area contributed by atoms with E-state index in [4.69, 9.17) is 0 Å². The lowest BCUT2D eigenvalue weighted by Crippen LogP contribution is -2.49. The van der Waals surface area contributed by atoms with Crippen LogP contribution in [0.1, 0.15) is 36.4 Å². The van der Waals surface area contributed by atoms with E-state index in [9.17, 15) is 18.0 Å². The largest absolute Gasteiger partial charge is 0.391 e. The van der Waals surface area contributed by atoms with Crippen molar-refractivity contribution in [2.45, 2.75) is 44.4 Å². The van der Waals surface area contributed by atoms with E-state index in [-0.39, 0.29) is 43.2 Å². The molecule has 1 aromatic heterocycles. The Bertz CT molecular complexity index is 781. The van der Waals surface area contributed by atoms with E-state index in [1.54, 1.807) is 0 Å². The summed E-state index contributed by atoms with van der Waals surface area (Å²) in [6.45, 7) is 6.02. The van der Waals surface area contributed by atoms with Crippen molar-refractivity contribution in [3.63, 3.8) is 0 Å². The summed E-state index contributed by atoms with van der Waals surface area (Å²) in [4.78, 5) is 17.6. The highest BCUT2D eigenvalue weighted by Gasteiger charge is 2.41. The van der Waals surface area contributed by atoms with Gasteiger partial charge in [-0.05, 0) is 51.4 Å². The minimum atomic E-state index is -4.10. The summed E-state index contributed by atoms with van der Waals surface area (Å²) in [5.41, 5.74) is 1.89. The molecule has 0 radical (unpaired) electrons. The zero-order valence-electron chi connectivity index (χ0n) is 17.9. The number of aromatic nitrogens is 1. The zero-order chi connectivity index (χ0) is 20.6. The van der Waals surface area contributed by atoms with Crippen molar-refractivity contribution in [3.8, 4) is 0 Å². The Balaban J connectivity index is 0.00000171. The van der Waals surface area contributed by atoms with E-state index < -0.39 is 12.1 Å². The first kappa shape index (κ1) is 26.5. The summed E-state index contributed by atoms with van der Waals surface area (Å²) in [6, 6.07) is 4.00. The van der Waals surface area contributed by atoms with Gasteiger partial charge in [-0.1, -0.05) is 6.07 Å². The number of fused-ring (bicyclic) bond motifs is 4. The lowest BCUT2D eigenvalue weighted by atomic mass is 9.83. The van der Waals surface area contributed by atoms with E-state index in [0.29, 0.717) is 37.0 Å². The molecule has 0 unspecified atom stereocenters. The van der Waals surface area contributed by atoms with Crippen LogP contribution in [-0.4, -0.2) is 66.9 Å². The minimum absolute atomic E-state index is 0. The fourth-order valence-electron chi connectivity index (χ4n) is 5.32. The van der Waals surface area contributed by atoms with Crippen LogP contribution in [0.15, 0.2) is 16.9 Å². The fraction of sp³-hybridized carbons (Fsp3) is 0.762. The second-order valence-corrected chi connectivity index (χ2v) is 8.95. The topological polar surface area (TPSA) is 40.5 Å². The van der Waals surface area contributed by atoms with Gasteiger partial charge in [0.05, 0.1) is 5.92 Å². The third-order valence-corrected chi connectivity index (χ3v) is 6.88. The summed E-state index contributed by atoms with van der Waals surface area (Å²) in [7, 11) is 1.97. The number of rotatable bonds is 5. The lowest BCUT2D eigenvalue weighted by Gasteiger charge is -2.43. The van der Waals surface area contributed by atoms with Gasteiger partial charge in [-0.2, -0.15) is 13.2 Å². The Morgan fingerprint density at radius 3 is 2.42 bits per heavy atom. The molecule has 2 saturated heterocycles. The number of pyridine rings is 1. The van der Waals surface area contributed by atoms with E-state index in [2.05, 4.69) is 16.3 Å². The van der Waals surface area contributed by atoms with Gasteiger partial charge in [-0.25, -0.2) is 0 Å². The second-order valence-electron chi connectivity index (χ2n) is 8.95. The Morgan fingerprint density at radius 2 is 1.77 bits per heavy atom. The van der Waals surface area contributed by atoms with Gasteiger partial charge in [0.1, 0.15) is 0 Å². The summed E-state index contributed by atoms with van der Waals surface area (Å²) in [5.74, 6) is -0.314. The lowest BCUT2D eigenvalue weighted by molar-refractivity contribution is -0.185. The third-order valence-electron chi connectivity index (χ3n) is 6.88. The number of hydrogen-bond donors (Lipinski definition) is 1. The van der Waals surface area contributed by atoms with E-state index in [0.717, 1.165) is 44.8 Å². The van der Waals surface area contributed by atoms with Crippen LogP contribution in [0.25, 0.3) is 0 Å². The van der Waals surface area contributed by atoms with Crippen molar-refractivity contribution in [2.75, 3.05) is 46.3 Å². The van der Waals surface area contributed by atoms with Crippen LogP contribution >= 0.6 is 24.8 Å². The highest BCUT2D eigenvalue weighted by atomic mass is 35.5. The van der Waals surface area contributed by atoms with E-state index in [1.165, 1.54) is 0 Å². The number of likely N-dealkylation sites (N-methyl/N-ethyl adjacent to an activating group) is 1. The number of nitrogens with one attached hydrogen (secondary N) is 1. The maximum atomic E-state index is 13.1. The molecule has 4 heterocycles. The van der Waals surface area contributed by atoms with Gasteiger partial charge in [0.2, 0.25) is 0 Å². The number of alkyl halides is 3. The predicted molar refractivity (Wildman–Crippen MR) is 120 cm³/mol. The number of hydrogen-bond acceptors (Lipinski definition) is 4. The molecule has 0 amide bonds. The molecule has 3 aliphatic heterocycles. The molecule has 4 rings (SSSR count). The van der Waals surface area contributed by atoms with Crippen LogP contribution in [0, 0.1) is 11.8 Å². The SMILES string of the molecule is CNCCN1C[C@@H]2C[C@H](C1)c1ccc(CN3CCC(C(F)(F)F)CC3)c(=O)n1C2.Cl.Cl. The van der Waals surface area contributed by atoms with Gasteiger partial charge in [0, 0.05) is 56.4 Å². The predicted octanol–water partition coefficient (Wildman–Crippen LogP) is 3.10. The molecule has 5 nitrogen and oxygen atoms in total. The highest BCUT2D eigenvalue weighted by Crippen LogP contribution is 2.36. The summed E-state index contributed by atoms with van der Waals surface area (Å²) < 4.78 is 40.6. The summed E-state index contributed by atoms with van der Waals surface area (Å²) >= 11 is 0. The molecule has 2 fully saturated rings. The van der Waals surface area contributed by atoms with Crippen molar-refractivity contribution < 1.29 is 13.2 Å². The number of piperidine rings is 2. The van der Waals surface area contributed by atoms with E-state index in [1.807, 2.05) is 22.6 Å². The van der Waals surface area contributed by atoms with Crippen LogP contribution in [0.5, 0.6) is 0 Å². The monoisotopic (exact) mass is 484 g/mol. The average Bonchev–Trinajstić information content (AvgIpc) is 2.68. The van der Waals surface area contributed by atoms with Crippen molar-refractivity contribution in [3.05, 3.63) is 33.7 Å². The first-order valence-corrected chi connectivity index (χ1v) is 10.7. The normalized spacial score (nSPS) is 24.8. The van der Waals surface area contributed by atoms with Crippen LogP contribution in [0.4, 0.5) is 13.2 Å². The molecule has 0 aliphatic carbocycles. The van der Waals surface area contributed by atoms with Crippen LogP contribution in [-0.2, 0) is 13.1 Å². The smallest absolute Gasteiger partial charge is 0.318 e. The van der Waals surface area contributed by atoms with Gasteiger partial charge in [-0.15, -0.1) is 24.8 Å². The molecule has 0 aromatic carbocycles. The summed E-state index contributed by atoms with van der Waals surface area (Å²) in [6.07, 6.45) is -2.71. The zero-order valence-corrected chi connectivity index (χ0v) is 19.5. The Kier molecular flexibility index (Phi) is 9.28. The maximum absolute atomic E-state index is 13.1. The molecule has 0 saturated carbocycles. The number of likely N-dealkylation sites (tertiary alicyclic amines) is 2. The minimum Gasteiger partial charge on any atom is -0.318 e. The Morgan fingerprint density at radius 1 is 1.06 bits per heavy atom. The number of nitrogens with zero attached hydrogens (tertiary/aromatic N) is 3. The molecule has 31 heavy (non-hydrogen) atoms. The Hall–Kier alpha value is -0.800. The molecule has 2 atom stereocenters. The molecule has 2 bridgehead atoms. The Labute approximate surface area is 194 Å². The first-order valence-electron chi connectivity index (χ1n) is 10.7. The van der Waals surface area contributed by atoms with Crippen molar-refractivity contribution in [2.24, 2.45) is 11.8 Å². The van der Waals surface area contributed by atoms with Gasteiger partial charge in [0.15, 0.2) is 0 Å². The van der Waals surface area contributed by atoms with Crippen LogP contribution in [0.2, 0.25) is 0 Å². The molecule has 3 aliphatic rings. The van der Waals surface area contributed by atoms with Crippen LogP contribution in [0.3, 0.4) is 0 Å². The molecular weight excluding hydrogens is 452 g/mol. The molecule has 0 spiro atoms. The maximum Gasteiger partial charge on any atom is 0.391 e. The van der Waals surface area contributed by atoms with Gasteiger partial charge in [0.25, 0.3) is 5.56 Å². The van der Waals surface area contributed by atoms with Crippen molar-refractivity contribution >= 4 is 24.8 Å². The molecule has 1 aromatic rings. The average molecular weight is 485 g/mol. The quantitative estimate of drug-likeness (QED) is 0.696. The van der Waals surface area contributed by atoms with E-state index >= 15 is 0 Å². The van der Waals surface area contributed by atoms with Crippen molar-refractivity contribution in [1.29, 1.82) is 0 Å². The second kappa shape index (κ2) is 10.9. The first-order chi connectivity index (χ1) is 13.8. The highest BCUT2D eigenvalue weighted by molar-refractivity contribution is 5.85. The van der Waals surface area contributed by atoms with Gasteiger partial charge >= 0.3 is 6.18 Å². The summed E-state index contributed by atoms with van der Waals surface area (Å²) in [5, 5.41) is 3.20. The van der Waals surface area contributed by atoms with Gasteiger partial charge < -0.3 is 14.8 Å². The molecule has 10 heteroatoms. The van der Waals surface area contributed by atoms with Crippen LogP contribution < -0.4 is 10.9 Å². The standard InChI is InChI=1S/C21H31F3N4O.2ClH/c1-25-6-9-27-11-15-10-17(14-27)19-3-2-16(20(29)28(19)12-15)13-26-7-4-18(5-8-26)21(22,23)24;;/h2-3,15,17-18,25H,4-14H2,1H3;2*1H/t15-,17+;;/m0../s1. The molecule has 178 valence electrons. The van der Waals surface area contributed by atoms with Gasteiger partial charge in [-0.3, -0.25) is 9.69 Å². The molecular formula is C21H33Cl2F3N4O. The number of halogens is 5. The molecule has 1 N–H and O–H groups in total. The van der Waals surface area contributed by atoms with Crippen molar-refractivity contribution in [1.82, 2.24) is 19.7 Å². The third kappa shape index (κ3) is 5.96. The fourth-order valence-corrected chi connectivity index (χ4v) is 5.32.